The minimum atomic E-state index is -0.780. The molecule has 0 saturated heterocycles. The van der Waals surface area contributed by atoms with Crippen molar-refractivity contribution < 1.29 is 14.6 Å². The van der Waals surface area contributed by atoms with Gasteiger partial charge in [-0.15, -0.1) is 0 Å². The van der Waals surface area contributed by atoms with Crippen molar-refractivity contribution in [1.82, 2.24) is 4.90 Å². The molecule has 0 fully saturated rings. The summed E-state index contributed by atoms with van der Waals surface area (Å²) in [4.78, 5) is 12.4. The van der Waals surface area contributed by atoms with E-state index in [4.69, 9.17) is 9.84 Å². The lowest BCUT2D eigenvalue weighted by Crippen LogP contribution is -2.21. The lowest BCUT2D eigenvalue weighted by molar-refractivity contribution is -0.137. The third-order valence-corrected chi connectivity index (χ3v) is 2.88. The normalized spacial score (nSPS) is 10.6. The third kappa shape index (κ3) is 4.75. The molecular weight excluding hydrogens is 286 g/mol. The number of hydrogen-bond donors (Lipinski definition) is 1. The van der Waals surface area contributed by atoms with E-state index >= 15 is 0 Å². The molecule has 0 saturated carbocycles. The smallest absolute Gasteiger partial charge is 0.304 e. The van der Waals surface area contributed by atoms with Crippen molar-refractivity contribution in [2.45, 2.75) is 13.0 Å². The van der Waals surface area contributed by atoms with Gasteiger partial charge < -0.3 is 14.7 Å². The van der Waals surface area contributed by atoms with Crippen LogP contribution in [0.2, 0.25) is 0 Å². The Balaban J connectivity index is 2.66. The van der Waals surface area contributed by atoms with Crippen molar-refractivity contribution >= 4 is 21.9 Å². The van der Waals surface area contributed by atoms with Crippen LogP contribution in [0.5, 0.6) is 5.75 Å². The molecule has 0 aliphatic heterocycles. The maximum Gasteiger partial charge on any atom is 0.304 e. The summed E-state index contributed by atoms with van der Waals surface area (Å²) in [5.74, 6) is 0.0356. The van der Waals surface area contributed by atoms with Crippen LogP contribution >= 0.6 is 15.9 Å². The summed E-state index contributed by atoms with van der Waals surface area (Å²) in [6.07, 6.45) is 0.146. The monoisotopic (exact) mass is 301 g/mol. The van der Waals surface area contributed by atoms with Gasteiger partial charge in [0.05, 0.1) is 13.5 Å². The lowest BCUT2D eigenvalue weighted by Gasteiger charge is -2.17. The highest BCUT2D eigenvalue weighted by atomic mass is 79.9. The van der Waals surface area contributed by atoms with Gasteiger partial charge in [-0.2, -0.15) is 0 Å². The van der Waals surface area contributed by atoms with Gasteiger partial charge in [0, 0.05) is 23.1 Å². The van der Waals surface area contributed by atoms with Gasteiger partial charge in [-0.3, -0.25) is 4.79 Å². The molecule has 0 unspecified atom stereocenters. The van der Waals surface area contributed by atoms with Crippen molar-refractivity contribution in [3.05, 3.63) is 28.2 Å². The minimum absolute atomic E-state index is 0.146. The second kappa shape index (κ2) is 6.61. The fraction of sp³-hybridized carbons (Fsp3) is 0.417. The van der Waals surface area contributed by atoms with Crippen molar-refractivity contribution in [2.24, 2.45) is 0 Å². The summed E-state index contributed by atoms with van der Waals surface area (Å²) in [6.45, 7) is 1.18. The lowest BCUT2D eigenvalue weighted by atomic mass is 10.2. The molecule has 4 nitrogen and oxygen atoms in total. The average Bonchev–Trinajstić information content (AvgIpc) is 2.27. The standard InChI is InChI=1S/C12H16BrNO3/c1-14(6-5-12(15)16)8-9-7-10(13)3-4-11(9)17-2/h3-4,7H,5-6,8H2,1-2H3,(H,15,16). The summed E-state index contributed by atoms with van der Waals surface area (Å²) < 4.78 is 6.25. The van der Waals surface area contributed by atoms with Crippen molar-refractivity contribution in [1.29, 1.82) is 0 Å². The van der Waals surface area contributed by atoms with Gasteiger partial charge in [-0.05, 0) is 25.2 Å². The van der Waals surface area contributed by atoms with E-state index in [1.54, 1.807) is 7.11 Å². The second-order valence-corrected chi connectivity index (χ2v) is 4.75. The zero-order chi connectivity index (χ0) is 12.8. The molecule has 0 bridgehead atoms. The van der Waals surface area contributed by atoms with Crippen LogP contribution in [-0.4, -0.2) is 36.7 Å². The number of rotatable bonds is 6. The molecule has 1 aromatic rings. The summed E-state index contributed by atoms with van der Waals surface area (Å²) in [5, 5.41) is 8.61. The Hall–Kier alpha value is -1.07. The topological polar surface area (TPSA) is 49.8 Å². The first-order valence-corrected chi connectivity index (χ1v) is 6.05. The molecule has 1 rings (SSSR count). The van der Waals surface area contributed by atoms with Crippen LogP contribution in [0.1, 0.15) is 12.0 Å². The Kier molecular flexibility index (Phi) is 5.44. The molecule has 5 heteroatoms. The third-order valence-electron chi connectivity index (χ3n) is 2.39. The number of carboxylic acid groups (broad SMARTS) is 1. The Morgan fingerprint density at radius 1 is 1.53 bits per heavy atom. The molecule has 0 aliphatic rings. The fourth-order valence-electron chi connectivity index (χ4n) is 1.53. The zero-order valence-electron chi connectivity index (χ0n) is 9.94. The van der Waals surface area contributed by atoms with Gasteiger partial charge in [0.2, 0.25) is 0 Å². The molecule has 0 aliphatic carbocycles. The first kappa shape index (κ1) is 14.0. The minimum Gasteiger partial charge on any atom is -0.496 e. The van der Waals surface area contributed by atoms with E-state index in [-0.39, 0.29) is 6.42 Å². The van der Waals surface area contributed by atoms with Crippen LogP contribution in [0.15, 0.2) is 22.7 Å². The molecule has 0 atom stereocenters. The molecule has 94 valence electrons. The zero-order valence-corrected chi connectivity index (χ0v) is 11.5. The molecule has 0 amide bonds. The maximum atomic E-state index is 10.5. The Bertz CT molecular complexity index is 395. The van der Waals surface area contributed by atoms with E-state index in [2.05, 4.69) is 15.9 Å². The molecular formula is C12H16BrNO3. The van der Waals surface area contributed by atoms with Gasteiger partial charge in [0.25, 0.3) is 0 Å². The van der Waals surface area contributed by atoms with Crippen molar-refractivity contribution in [2.75, 3.05) is 20.7 Å². The quantitative estimate of drug-likeness (QED) is 0.876. The number of halogens is 1. The van der Waals surface area contributed by atoms with Crippen LogP contribution < -0.4 is 4.74 Å². The Morgan fingerprint density at radius 2 is 2.24 bits per heavy atom. The van der Waals surface area contributed by atoms with Crippen molar-refractivity contribution in [3.8, 4) is 5.75 Å². The predicted octanol–water partition coefficient (Wildman–Crippen LogP) is 2.36. The van der Waals surface area contributed by atoms with Crippen LogP contribution in [0, 0.1) is 0 Å². The number of nitrogens with zero attached hydrogens (tertiary/aromatic N) is 1. The number of benzene rings is 1. The average molecular weight is 302 g/mol. The molecule has 1 N–H and O–H groups in total. The Morgan fingerprint density at radius 3 is 2.82 bits per heavy atom. The maximum absolute atomic E-state index is 10.5. The van der Waals surface area contributed by atoms with E-state index in [9.17, 15) is 4.79 Å². The molecule has 0 heterocycles. The second-order valence-electron chi connectivity index (χ2n) is 3.84. The molecule has 0 spiro atoms. The molecule has 17 heavy (non-hydrogen) atoms. The number of ether oxygens (including phenoxy) is 1. The number of carbonyl (C=O) groups is 1. The molecule has 1 aromatic carbocycles. The predicted molar refractivity (Wildman–Crippen MR) is 69.3 cm³/mol. The van der Waals surface area contributed by atoms with Crippen LogP contribution in [-0.2, 0) is 11.3 Å². The highest BCUT2D eigenvalue weighted by Gasteiger charge is 2.08. The van der Waals surface area contributed by atoms with E-state index in [0.717, 1.165) is 15.8 Å². The van der Waals surface area contributed by atoms with Crippen LogP contribution in [0.3, 0.4) is 0 Å². The van der Waals surface area contributed by atoms with E-state index in [1.165, 1.54) is 0 Å². The Labute approximate surface area is 109 Å². The summed E-state index contributed by atoms with van der Waals surface area (Å²) in [5.41, 5.74) is 1.04. The summed E-state index contributed by atoms with van der Waals surface area (Å²) >= 11 is 3.41. The van der Waals surface area contributed by atoms with Crippen LogP contribution in [0.25, 0.3) is 0 Å². The van der Waals surface area contributed by atoms with E-state index in [0.29, 0.717) is 13.1 Å². The summed E-state index contributed by atoms with van der Waals surface area (Å²) in [7, 11) is 3.52. The number of aliphatic carboxylic acids is 1. The van der Waals surface area contributed by atoms with Crippen molar-refractivity contribution in [3.63, 3.8) is 0 Å². The van der Waals surface area contributed by atoms with E-state index < -0.39 is 5.97 Å². The number of methoxy groups -OCH3 is 1. The molecule has 0 aromatic heterocycles. The fourth-order valence-corrected chi connectivity index (χ4v) is 1.94. The number of hydrogen-bond acceptors (Lipinski definition) is 3. The van der Waals surface area contributed by atoms with Gasteiger partial charge >= 0.3 is 5.97 Å². The van der Waals surface area contributed by atoms with Crippen LogP contribution in [0.4, 0.5) is 0 Å². The largest absolute Gasteiger partial charge is 0.496 e. The highest BCUT2D eigenvalue weighted by Crippen LogP contribution is 2.23. The number of carboxylic acids is 1. The van der Waals surface area contributed by atoms with Gasteiger partial charge in [0.1, 0.15) is 5.75 Å². The van der Waals surface area contributed by atoms with Gasteiger partial charge in [-0.1, -0.05) is 15.9 Å². The summed E-state index contributed by atoms with van der Waals surface area (Å²) in [6, 6.07) is 5.79. The first-order chi connectivity index (χ1) is 8.02. The first-order valence-electron chi connectivity index (χ1n) is 5.25. The van der Waals surface area contributed by atoms with Gasteiger partial charge in [-0.25, -0.2) is 0 Å². The van der Waals surface area contributed by atoms with E-state index in [1.807, 2.05) is 30.1 Å². The highest BCUT2D eigenvalue weighted by molar-refractivity contribution is 9.10. The molecule has 0 radical (unpaired) electrons. The van der Waals surface area contributed by atoms with Gasteiger partial charge in [0.15, 0.2) is 0 Å². The SMILES string of the molecule is COc1ccc(Br)cc1CN(C)CCC(=O)O.